The number of nitrogens with zero attached hydrogens (tertiary/aromatic N) is 1. The van der Waals surface area contributed by atoms with Gasteiger partial charge in [0.15, 0.2) is 5.37 Å². The van der Waals surface area contributed by atoms with Gasteiger partial charge in [0.25, 0.3) is 0 Å². The van der Waals surface area contributed by atoms with Crippen LogP contribution in [0.5, 0.6) is 0 Å². The Morgan fingerprint density at radius 2 is 2.00 bits per heavy atom. The number of carbonyl (C=O) groups is 3. The van der Waals surface area contributed by atoms with Gasteiger partial charge < -0.3 is 15.1 Å². The summed E-state index contributed by atoms with van der Waals surface area (Å²) in [4.78, 5) is 34.8. The fourth-order valence-corrected chi connectivity index (χ4v) is 2.87. The summed E-state index contributed by atoms with van der Waals surface area (Å²) in [7, 11) is 0. The predicted octanol–water partition coefficient (Wildman–Crippen LogP) is -0.00840. The molecule has 8 heteroatoms. The third-order valence-electron chi connectivity index (χ3n) is 2.45. The zero-order valence-corrected chi connectivity index (χ0v) is 10.8. The highest BCUT2D eigenvalue weighted by atomic mass is 32.2. The maximum Gasteiger partial charge on any atom is 0.337 e. The Morgan fingerprint density at radius 1 is 1.41 bits per heavy atom. The lowest BCUT2D eigenvalue weighted by molar-refractivity contribution is -0.155. The average molecular weight is 279 g/mol. The number of carboxylic acid groups (broad SMARTS) is 2. The molecule has 0 aliphatic carbocycles. The fraction of sp³-hybridized carbons (Fsp3) is 0.667. The number of hydrogen-bond donors (Lipinski definition) is 3. The lowest BCUT2D eigenvalue weighted by Crippen LogP contribution is -2.50. The minimum absolute atomic E-state index is 0.0946. The molecule has 0 aromatic heterocycles. The molecule has 3 atom stereocenters. The van der Waals surface area contributed by atoms with Crippen LogP contribution < -0.4 is 0 Å². The van der Waals surface area contributed by atoms with Gasteiger partial charge in [-0.25, -0.2) is 9.59 Å². The highest BCUT2D eigenvalue weighted by Gasteiger charge is 2.45. The Kier molecular flexibility index (Phi) is 4.70. The zero-order chi connectivity index (χ0) is 13.2. The molecule has 0 radical (unpaired) electrons. The number of aliphatic carboxylic acids is 2. The third kappa shape index (κ3) is 2.86. The van der Waals surface area contributed by atoms with Crippen LogP contribution in [0.25, 0.3) is 0 Å². The van der Waals surface area contributed by atoms with Gasteiger partial charge in [0.05, 0.1) is 0 Å². The van der Waals surface area contributed by atoms with E-state index in [9.17, 15) is 14.4 Å². The lowest BCUT2D eigenvalue weighted by atomic mass is 10.1. The first-order valence-electron chi connectivity index (χ1n) is 4.90. The summed E-state index contributed by atoms with van der Waals surface area (Å²) >= 11 is 4.91. The zero-order valence-electron chi connectivity index (χ0n) is 9.07. The second-order valence-electron chi connectivity index (χ2n) is 3.71. The minimum atomic E-state index is -1.20. The summed E-state index contributed by atoms with van der Waals surface area (Å²) in [5.41, 5.74) is 0. The van der Waals surface area contributed by atoms with E-state index in [1.807, 2.05) is 0 Å². The van der Waals surface area contributed by atoms with Crippen molar-refractivity contribution in [2.45, 2.75) is 18.3 Å². The average Bonchev–Trinajstić information content (AvgIpc) is 2.71. The summed E-state index contributed by atoms with van der Waals surface area (Å²) in [5, 5.41) is 16.8. The second-order valence-corrected chi connectivity index (χ2v) is 5.19. The normalized spacial score (nSPS) is 25.6. The Hall–Kier alpha value is -0.890. The van der Waals surface area contributed by atoms with Crippen LogP contribution in [-0.4, -0.2) is 55.9 Å². The molecule has 1 aliphatic rings. The van der Waals surface area contributed by atoms with E-state index < -0.39 is 35.2 Å². The van der Waals surface area contributed by atoms with E-state index >= 15 is 0 Å². The van der Waals surface area contributed by atoms with Crippen LogP contribution in [0, 0.1) is 5.92 Å². The number of hydrogen-bond acceptors (Lipinski definition) is 5. The van der Waals surface area contributed by atoms with Gasteiger partial charge in [0.2, 0.25) is 5.91 Å². The van der Waals surface area contributed by atoms with Gasteiger partial charge in [-0.2, -0.15) is 12.6 Å². The molecular weight excluding hydrogens is 266 g/mol. The van der Waals surface area contributed by atoms with Gasteiger partial charge in [-0.3, -0.25) is 4.79 Å². The summed E-state index contributed by atoms with van der Waals surface area (Å²) in [6, 6.07) is -1.07. The molecule has 0 unspecified atom stereocenters. The van der Waals surface area contributed by atoms with E-state index in [0.717, 1.165) is 16.7 Å². The van der Waals surface area contributed by atoms with E-state index in [-0.39, 0.29) is 11.5 Å². The summed E-state index contributed by atoms with van der Waals surface area (Å²) in [6.07, 6.45) is 0. The summed E-state index contributed by atoms with van der Waals surface area (Å²) in [6.45, 7) is 1.59. The first kappa shape index (κ1) is 14.2. The second kappa shape index (κ2) is 5.63. The first-order chi connectivity index (χ1) is 7.90. The Labute approximate surface area is 108 Å². The van der Waals surface area contributed by atoms with E-state index in [0.29, 0.717) is 0 Å². The largest absolute Gasteiger partial charge is 0.480 e. The van der Waals surface area contributed by atoms with Crippen LogP contribution in [-0.2, 0) is 14.4 Å². The molecule has 2 N–H and O–H groups in total. The molecule has 17 heavy (non-hydrogen) atoms. The van der Waals surface area contributed by atoms with Crippen molar-refractivity contribution >= 4 is 42.2 Å². The molecule has 1 heterocycles. The van der Waals surface area contributed by atoms with Crippen molar-refractivity contribution in [3.05, 3.63) is 0 Å². The highest BCUT2D eigenvalue weighted by molar-refractivity contribution is 8.00. The topological polar surface area (TPSA) is 94.9 Å². The van der Waals surface area contributed by atoms with Gasteiger partial charge >= 0.3 is 11.9 Å². The van der Waals surface area contributed by atoms with Crippen LogP contribution in [0.4, 0.5) is 0 Å². The first-order valence-corrected chi connectivity index (χ1v) is 6.58. The molecule has 0 spiro atoms. The molecular formula is C9H13NO5S2. The highest BCUT2D eigenvalue weighted by Crippen LogP contribution is 2.31. The van der Waals surface area contributed by atoms with E-state index in [2.05, 4.69) is 12.6 Å². The van der Waals surface area contributed by atoms with Gasteiger partial charge in [-0.1, -0.05) is 6.92 Å². The minimum Gasteiger partial charge on any atom is -0.480 e. The van der Waals surface area contributed by atoms with Crippen molar-refractivity contribution < 1.29 is 24.6 Å². The lowest BCUT2D eigenvalue weighted by Gasteiger charge is -2.27. The maximum absolute atomic E-state index is 11.9. The van der Waals surface area contributed by atoms with Crippen LogP contribution >= 0.6 is 24.4 Å². The van der Waals surface area contributed by atoms with Gasteiger partial charge in [0, 0.05) is 17.4 Å². The van der Waals surface area contributed by atoms with E-state index in [1.54, 1.807) is 6.92 Å². The Bertz CT molecular complexity index is 326. The van der Waals surface area contributed by atoms with Crippen LogP contribution in [0.1, 0.15) is 6.92 Å². The summed E-state index contributed by atoms with van der Waals surface area (Å²) < 4.78 is 0. The summed E-state index contributed by atoms with van der Waals surface area (Å²) in [5.74, 6) is -3.01. The molecule has 1 amide bonds. The molecule has 0 aromatic carbocycles. The van der Waals surface area contributed by atoms with Gasteiger partial charge in [-0.15, -0.1) is 11.8 Å². The molecule has 1 rings (SSSR count). The molecule has 6 nitrogen and oxygen atoms in total. The number of carboxylic acids is 2. The van der Waals surface area contributed by atoms with Crippen LogP contribution in [0.2, 0.25) is 0 Å². The van der Waals surface area contributed by atoms with Gasteiger partial charge in [-0.05, 0) is 0 Å². The van der Waals surface area contributed by atoms with E-state index in [1.165, 1.54) is 0 Å². The molecule has 1 aliphatic heterocycles. The van der Waals surface area contributed by atoms with Gasteiger partial charge in [0.1, 0.15) is 6.04 Å². The molecule has 0 bridgehead atoms. The van der Waals surface area contributed by atoms with Crippen molar-refractivity contribution in [2.24, 2.45) is 5.92 Å². The molecule has 0 aromatic rings. The van der Waals surface area contributed by atoms with Crippen molar-refractivity contribution in [1.82, 2.24) is 4.90 Å². The van der Waals surface area contributed by atoms with Crippen molar-refractivity contribution in [3.63, 3.8) is 0 Å². The quantitative estimate of drug-likeness (QED) is 0.627. The molecule has 96 valence electrons. The number of amides is 1. The maximum atomic E-state index is 11.9. The standard InChI is InChI=1S/C9H13NO5S2/c1-4(2-16)6(11)10-5(8(12)13)3-17-7(10)9(14)15/h4-5,7,16H,2-3H2,1H3,(H,12,13)(H,14,15)/t4-,5-,7+/m1/s1. The predicted molar refractivity (Wildman–Crippen MR) is 65.2 cm³/mol. The van der Waals surface area contributed by atoms with Crippen LogP contribution in [0.3, 0.4) is 0 Å². The number of thiol groups is 1. The molecule has 1 fully saturated rings. The van der Waals surface area contributed by atoms with Crippen LogP contribution in [0.15, 0.2) is 0 Å². The number of rotatable bonds is 4. The third-order valence-corrected chi connectivity index (χ3v) is 4.25. The molecule has 0 saturated carbocycles. The Morgan fingerprint density at radius 3 is 2.41 bits per heavy atom. The van der Waals surface area contributed by atoms with Crippen molar-refractivity contribution in [2.75, 3.05) is 11.5 Å². The number of thioether (sulfide) groups is 1. The van der Waals surface area contributed by atoms with E-state index in [4.69, 9.17) is 10.2 Å². The smallest absolute Gasteiger partial charge is 0.337 e. The monoisotopic (exact) mass is 279 g/mol. The fourth-order valence-electron chi connectivity index (χ4n) is 1.49. The van der Waals surface area contributed by atoms with Crippen molar-refractivity contribution in [1.29, 1.82) is 0 Å². The SMILES string of the molecule is C[C@H](CS)C(=O)N1[C@@H](C(=O)O)CS[C@H]1C(=O)O. The number of carbonyl (C=O) groups excluding carboxylic acids is 1. The van der Waals surface area contributed by atoms with Crippen molar-refractivity contribution in [3.8, 4) is 0 Å². The Balaban J connectivity index is 2.97. The molecule has 1 saturated heterocycles.